The van der Waals surface area contributed by atoms with Crippen LogP contribution in [0.5, 0.6) is 0 Å². The maximum absolute atomic E-state index is 12.2. The van der Waals surface area contributed by atoms with Crippen LogP contribution in [0.4, 0.5) is 5.69 Å². The Morgan fingerprint density at radius 2 is 1.67 bits per heavy atom. The van der Waals surface area contributed by atoms with Gasteiger partial charge in [0.2, 0.25) is 0 Å². The highest BCUT2D eigenvalue weighted by Crippen LogP contribution is 2.26. The molecule has 0 aromatic heterocycles. The number of Topliss-reactive ketones (excluding diaryl/α,β-unsaturated/α-hetero) is 1. The van der Waals surface area contributed by atoms with E-state index >= 15 is 0 Å². The first-order chi connectivity index (χ1) is 8.66. The zero-order chi connectivity index (χ0) is 13.0. The van der Waals surface area contributed by atoms with Crippen LogP contribution in [0.3, 0.4) is 0 Å². The summed E-state index contributed by atoms with van der Waals surface area (Å²) in [4.78, 5) is 13.2. The van der Waals surface area contributed by atoms with Crippen LogP contribution in [0.1, 0.15) is 17.3 Å². The molecule has 2 rings (SSSR count). The zero-order valence-corrected chi connectivity index (χ0v) is 11.0. The molecule has 0 saturated carbocycles. The maximum atomic E-state index is 12.2. The van der Waals surface area contributed by atoms with Crippen molar-refractivity contribution in [2.45, 2.75) is 17.1 Å². The average Bonchev–Trinajstić information content (AvgIpc) is 2.41. The molecule has 0 aliphatic heterocycles. The Labute approximate surface area is 111 Å². The Morgan fingerprint density at radius 3 is 2.28 bits per heavy atom. The van der Waals surface area contributed by atoms with E-state index in [0.29, 0.717) is 0 Å². The molecule has 0 bridgehead atoms. The molecule has 0 amide bonds. The predicted molar refractivity (Wildman–Crippen MR) is 76.9 cm³/mol. The zero-order valence-electron chi connectivity index (χ0n) is 10.2. The first-order valence-corrected chi connectivity index (χ1v) is 6.66. The first-order valence-electron chi connectivity index (χ1n) is 5.78. The van der Waals surface area contributed by atoms with Crippen LogP contribution in [0.25, 0.3) is 0 Å². The van der Waals surface area contributed by atoms with Crippen molar-refractivity contribution in [2.75, 3.05) is 5.73 Å². The molecule has 18 heavy (non-hydrogen) atoms. The predicted octanol–water partition coefficient (Wildman–Crippen LogP) is 3.63. The largest absolute Gasteiger partial charge is 0.399 e. The number of rotatable bonds is 4. The van der Waals surface area contributed by atoms with Gasteiger partial charge in [-0.2, -0.15) is 0 Å². The van der Waals surface area contributed by atoms with Crippen molar-refractivity contribution in [3.05, 3.63) is 60.2 Å². The number of hydrogen-bond acceptors (Lipinski definition) is 3. The minimum Gasteiger partial charge on any atom is -0.399 e. The second kappa shape index (κ2) is 5.74. The Kier molecular flexibility index (Phi) is 4.05. The number of benzene rings is 2. The monoisotopic (exact) mass is 257 g/mol. The number of ketones is 1. The number of carbonyl (C=O) groups is 1. The lowest BCUT2D eigenvalue weighted by Gasteiger charge is -2.10. The molecule has 2 N–H and O–H groups in total. The Bertz CT molecular complexity index is 522. The SMILES string of the molecule is CC(Sc1ccc(N)cc1)C(=O)c1ccccc1. The summed E-state index contributed by atoms with van der Waals surface area (Å²) in [6.07, 6.45) is 0. The lowest BCUT2D eigenvalue weighted by atomic mass is 10.1. The highest BCUT2D eigenvalue weighted by Gasteiger charge is 2.15. The van der Waals surface area contributed by atoms with Crippen molar-refractivity contribution >= 4 is 23.2 Å². The van der Waals surface area contributed by atoms with Gasteiger partial charge in [0.05, 0.1) is 5.25 Å². The number of thioether (sulfide) groups is 1. The molecule has 2 aromatic carbocycles. The first kappa shape index (κ1) is 12.7. The number of anilines is 1. The normalized spacial score (nSPS) is 12.1. The van der Waals surface area contributed by atoms with E-state index in [9.17, 15) is 4.79 Å². The smallest absolute Gasteiger partial charge is 0.175 e. The van der Waals surface area contributed by atoms with Gasteiger partial charge in [-0.25, -0.2) is 0 Å². The van der Waals surface area contributed by atoms with E-state index in [4.69, 9.17) is 5.73 Å². The summed E-state index contributed by atoms with van der Waals surface area (Å²) >= 11 is 1.55. The van der Waals surface area contributed by atoms with Crippen LogP contribution in [-0.4, -0.2) is 11.0 Å². The fraction of sp³-hybridized carbons (Fsp3) is 0.133. The average molecular weight is 257 g/mol. The van der Waals surface area contributed by atoms with Crippen molar-refractivity contribution in [1.82, 2.24) is 0 Å². The molecule has 1 atom stereocenters. The van der Waals surface area contributed by atoms with E-state index in [2.05, 4.69) is 0 Å². The number of hydrogen-bond donors (Lipinski definition) is 1. The van der Waals surface area contributed by atoms with Gasteiger partial charge in [-0.3, -0.25) is 4.79 Å². The number of nitrogen functional groups attached to an aromatic ring is 1. The lowest BCUT2D eigenvalue weighted by Crippen LogP contribution is -2.13. The highest BCUT2D eigenvalue weighted by molar-refractivity contribution is 8.00. The third-order valence-corrected chi connectivity index (χ3v) is 3.73. The Hall–Kier alpha value is -1.74. The number of nitrogens with two attached hydrogens (primary N) is 1. The molecule has 92 valence electrons. The molecule has 2 nitrogen and oxygen atoms in total. The van der Waals surface area contributed by atoms with Gasteiger partial charge in [-0.05, 0) is 31.2 Å². The minimum atomic E-state index is -0.101. The standard InChI is InChI=1S/C15H15NOS/c1-11(15(17)12-5-3-2-4-6-12)18-14-9-7-13(16)8-10-14/h2-11H,16H2,1H3. The fourth-order valence-corrected chi connectivity index (χ4v) is 2.59. The molecule has 2 aromatic rings. The molecule has 0 saturated heterocycles. The third-order valence-electron chi connectivity index (χ3n) is 2.62. The van der Waals surface area contributed by atoms with E-state index in [1.165, 1.54) is 0 Å². The number of carbonyl (C=O) groups excluding carboxylic acids is 1. The molecule has 0 spiro atoms. The fourth-order valence-electron chi connectivity index (χ4n) is 1.64. The second-order valence-electron chi connectivity index (χ2n) is 4.06. The molecule has 1 unspecified atom stereocenters. The van der Waals surface area contributed by atoms with Gasteiger partial charge in [0, 0.05) is 16.1 Å². The summed E-state index contributed by atoms with van der Waals surface area (Å²) in [5, 5.41) is -0.101. The second-order valence-corrected chi connectivity index (χ2v) is 5.47. The molecule has 3 heteroatoms. The topological polar surface area (TPSA) is 43.1 Å². The molecular formula is C15H15NOS. The van der Waals surface area contributed by atoms with Crippen molar-refractivity contribution in [3.8, 4) is 0 Å². The molecule has 0 aliphatic carbocycles. The van der Waals surface area contributed by atoms with Crippen molar-refractivity contribution in [3.63, 3.8) is 0 Å². The van der Waals surface area contributed by atoms with Crippen LogP contribution in [-0.2, 0) is 0 Å². The maximum Gasteiger partial charge on any atom is 0.175 e. The summed E-state index contributed by atoms with van der Waals surface area (Å²) in [5.74, 6) is 0.150. The van der Waals surface area contributed by atoms with Crippen molar-refractivity contribution in [1.29, 1.82) is 0 Å². The molecule has 0 heterocycles. The van der Waals surface area contributed by atoms with E-state index in [1.807, 2.05) is 61.5 Å². The molecular weight excluding hydrogens is 242 g/mol. The van der Waals surface area contributed by atoms with Gasteiger partial charge in [0.15, 0.2) is 5.78 Å². The lowest BCUT2D eigenvalue weighted by molar-refractivity contribution is 0.0994. The summed E-state index contributed by atoms with van der Waals surface area (Å²) in [5.41, 5.74) is 7.13. The summed E-state index contributed by atoms with van der Waals surface area (Å²) < 4.78 is 0. The Morgan fingerprint density at radius 1 is 1.06 bits per heavy atom. The third kappa shape index (κ3) is 3.14. The van der Waals surface area contributed by atoms with Gasteiger partial charge in [0.25, 0.3) is 0 Å². The Balaban J connectivity index is 2.06. The van der Waals surface area contributed by atoms with Gasteiger partial charge < -0.3 is 5.73 Å². The van der Waals surface area contributed by atoms with Gasteiger partial charge >= 0.3 is 0 Å². The molecule has 0 radical (unpaired) electrons. The van der Waals surface area contributed by atoms with Crippen molar-refractivity contribution in [2.24, 2.45) is 0 Å². The quantitative estimate of drug-likeness (QED) is 0.516. The van der Waals surface area contributed by atoms with E-state index in [-0.39, 0.29) is 11.0 Å². The van der Waals surface area contributed by atoms with Crippen LogP contribution in [0.15, 0.2) is 59.5 Å². The van der Waals surface area contributed by atoms with Crippen molar-refractivity contribution < 1.29 is 4.79 Å². The summed E-state index contributed by atoms with van der Waals surface area (Å²) in [6, 6.07) is 17.0. The van der Waals surface area contributed by atoms with E-state index in [0.717, 1.165) is 16.1 Å². The highest BCUT2D eigenvalue weighted by atomic mass is 32.2. The van der Waals surface area contributed by atoms with Gasteiger partial charge in [-0.15, -0.1) is 11.8 Å². The molecule has 0 fully saturated rings. The minimum absolute atomic E-state index is 0.101. The van der Waals surface area contributed by atoms with Crippen LogP contribution in [0, 0.1) is 0 Å². The van der Waals surface area contributed by atoms with Crippen LogP contribution in [0.2, 0.25) is 0 Å². The summed E-state index contributed by atoms with van der Waals surface area (Å²) in [7, 11) is 0. The van der Waals surface area contributed by atoms with E-state index in [1.54, 1.807) is 11.8 Å². The van der Waals surface area contributed by atoms with Gasteiger partial charge in [-0.1, -0.05) is 30.3 Å². The van der Waals surface area contributed by atoms with Crippen LogP contribution < -0.4 is 5.73 Å². The van der Waals surface area contributed by atoms with Crippen LogP contribution >= 0.6 is 11.8 Å². The van der Waals surface area contributed by atoms with E-state index < -0.39 is 0 Å². The van der Waals surface area contributed by atoms with Gasteiger partial charge in [0.1, 0.15) is 0 Å². The molecule has 0 aliphatic rings. The summed E-state index contributed by atoms with van der Waals surface area (Å²) in [6.45, 7) is 1.93.